The number of hydrogen-bond acceptors (Lipinski definition) is 2. The van der Waals surface area contributed by atoms with Crippen molar-refractivity contribution in [2.75, 3.05) is 0 Å². The maximum Gasteiger partial charge on any atom is 0.243 e. The number of amides is 1. The summed E-state index contributed by atoms with van der Waals surface area (Å²) >= 11 is 0. The Morgan fingerprint density at radius 1 is 1.18 bits per heavy atom. The lowest BCUT2D eigenvalue weighted by atomic mass is 10.0. The molecule has 0 aliphatic carbocycles. The first kappa shape index (κ1) is 15.9. The van der Waals surface area contributed by atoms with E-state index < -0.39 is 11.9 Å². The summed E-state index contributed by atoms with van der Waals surface area (Å²) in [4.78, 5) is 11.1. The fraction of sp³-hybridized carbons (Fsp3) is 0.167. The topological polar surface area (TPSA) is 40.5 Å². The zero-order chi connectivity index (χ0) is 16.1. The molecular weight excluding hydrogens is 281 g/mol. The van der Waals surface area contributed by atoms with Gasteiger partial charge in [0.2, 0.25) is 5.91 Å². The Hall–Kier alpha value is -2.46. The van der Waals surface area contributed by atoms with Gasteiger partial charge < -0.3 is 0 Å². The lowest BCUT2D eigenvalue weighted by Gasteiger charge is -2.17. The van der Waals surface area contributed by atoms with Crippen molar-refractivity contribution in [3.05, 3.63) is 66.0 Å². The molecule has 2 aromatic rings. The molecule has 0 aromatic heterocycles. The van der Waals surface area contributed by atoms with Crippen LogP contribution in [0.1, 0.15) is 19.4 Å². The van der Waals surface area contributed by atoms with E-state index in [2.05, 4.69) is 0 Å². The van der Waals surface area contributed by atoms with Crippen molar-refractivity contribution in [1.29, 1.82) is 0 Å². The maximum absolute atomic E-state index is 13.0. The average molecular weight is 299 g/mol. The Balaban J connectivity index is 2.18. The van der Waals surface area contributed by atoms with Gasteiger partial charge in [0.1, 0.15) is 5.82 Å². The SMILES string of the molecule is CC(=O)N(O)[C@H](C)/C=C/c1cccc(-c2ccc(F)cc2)c1. The summed E-state index contributed by atoms with van der Waals surface area (Å²) in [5.74, 6) is -0.668. The third-order valence-corrected chi connectivity index (χ3v) is 3.34. The molecule has 0 spiro atoms. The molecule has 0 heterocycles. The molecule has 1 N–H and O–H groups in total. The normalized spacial score (nSPS) is 12.4. The van der Waals surface area contributed by atoms with Gasteiger partial charge in [0, 0.05) is 6.92 Å². The van der Waals surface area contributed by atoms with Gasteiger partial charge in [0.15, 0.2) is 0 Å². The largest absolute Gasteiger partial charge is 0.285 e. The summed E-state index contributed by atoms with van der Waals surface area (Å²) in [6.07, 6.45) is 3.58. The predicted molar refractivity (Wildman–Crippen MR) is 84.6 cm³/mol. The molecule has 4 heteroatoms. The number of nitrogens with zero attached hydrogens (tertiary/aromatic N) is 1. The van der Waals surface area contributed by atoms with Crippen molar-refractivity contribution in [2.24, 2.45) is 0 Å². The molecule has 0 saturated carbocycles. The van der Waals surface area contributed by atoms with Crippen molar-refractivity contribution in [1.82, 2.24) is 5.06 Å². The number of carbonyl (C=O) groups excluding carboxylic acids is 1. The van der Waals surface area contributed by atoms with Crippen molar-refractivity contribution >= 4 is 12.0 Å². The van der Waals surface area contributed by atoms with E-state index in [1.165, 1.54) is 19.1 Å². The van der Waals surface area contributed by atoms with Crippen LogP contribution in [0.5, 0.6) is 0 Å². The second-order valence-corrected chi connectivity index (χ2v) is 5.10. The first-order valence-corrected chi connectivity index (χ1v) is 7.00. The van der Waals surface area contributed by atoms with Crippen molar-refractivity contribution in [3.63, 3.8) is 0 Å². The van der Waals surface area contributed by atoms with Gasteiger partial charge in [-0.25, -0.2) is 9.45 Å². The lowest BCUT2D eigenvalue weighted by molar-refractivity contribution is -0.167. The van der Waals surface area contributed by atoms with Crippen LogP contribution in [0.15, 0.2) is 54.6 Å². The van der Waals surface area contributed by atoms with Crippen LogP contribution in [0.4, 0.5) is 4.39 Å². The van der Waals surface area contributed by atoms with Crippen LogP contribution in [-0.2, 0) is 4.79 Å². The Kier molecular flexibility index (Phi) is 5.07. The molecule has 0 saturated heterocycles. The maximum atomic E-state index is 13.0. The summed E-state index contributed by atoms with van der Waals surface area (Å²) in [5, 5.41) is 10.2. The smallest absolute Gasteiger partial charge is 0.243 e. The molecule has 1 atom stereocenters. The van der Waals surface area contributed by atoms with Gasteiger partial charge in [0.05, 0.1) is 6.04 Å². The van der Waals surface area contributed by atoms with Gasteiger partial charge >= 0.3 is 0 Å². The van der Waals surface area contributed by atoms with Crippen LogP contribution in [0.25, 0.3) is 17.2 Å². The third-order valence-electron chi connectivity index (χ3n) is 3.34. The van der Waals surface area contributed by atoms with Gasteiger partial charge in [-0.2, -0.15) is 0 Å². The standard InChI is InChI=1S/C18H18FNO2/c1-13(20(22)14(2)21)6-7-15-4-3-5-17(12-15)16-8-10-18(19)11-9-16/h3-13,22H,1-2H3/b7-6+/t13-/m1/s1. The minimum atomic E-state index is -0.410. The van der Waals surface area contributed by atoms with Gasteiger partial charge in [0.25, 0.3) is 0 Å². The Labute approximate surface area is 129 Å². The average Bonchev–Trinajstić information content (AvgIpc) is 2.52. The van der Waals surface area contributed by atoms with Crippen molar-refractivity contribution in [3.8, 4) is 11.1 Å². The van der Waals surface area contributed by atoms with Crippen LogP contribution in [0.3, 0.4) is 0 Å². The van der Waals surface area contributed by atoms with Crippen molar-refractivity contribution < 1.29 is 14.4 Å². The highest BCUT2D eigenvalue weighted by atomic mass is 19.1. The van der Waals surface area contributed by atoms with Crippen LogP contribution in [-0.4, -0.2) is 22.2 Å². The van der Waals surface area contributed by atoms with E-state index in [4.69, 9.17) is 0 Å². The van der Waals surface area contributed by atoms with E-state index in [0.29, 0.717) is 5.06 Å². The quantitative estimate of drug-likeness (QED) is 0.681. The zero-order valence-corrected chi connectivity index (χ0v) is 12.5. The summed E-state index contributed by atoms with van der Waals surface area (Å²) in [7, 11) is 0. The number of carbonyl (C=O) groups is 1. The van der Waals surface area contributed by atoms with Gasteiger partial charge in [-0.1, -0.05) is 42.5 Å². The summed E-state index contributed by atoms with van der Waals surface area (Å²) < 4.78 is 13.0. The van der Waals surface area contributed by atoms with E-state index >= 15 is 0 Å². The predicted octanol–water partition coefficient (Wildman–Crippen LogP) is 4.13. The molecule has 0 radical (unpaired) electrons. The molecule has 2 rings (SSSR count). The number of rotatable bonds is 4. The molecule has 0 fully saturated rings. The second kappa shape index (κ2) is 7.00. The highest BCUT2D eigenvalue weighted by molar-refractivity contribution is 5.72. The van der Waals surface area contributed by atoms with E-state index in [1.54, 1.807) is 25.1 Å². The molecule has 1 amide bonds. The highest BCUT2D eigenvalue weighted by Gasteiger charge is 2.10. The van der Waals surface area contributed by atoms with Gasteiger partial charge in [-0.3, -0.25) is 10.0 Å². The zero-order valence-electron chi connectivity index (χ0n) is 12.5. The van der Waals surface area contributed by atoms with Crippen LogP contribution in [0.2, 0.25) is 0 Å². The third kappa shape index (κ3) is 4.02. The molecule has 2 aromatic carbocycles. The first-order valence-electron chi connectivity index (χ1n) is 7.00. The van der Waals surface area contributed by atoms with E-state index in [0.717, 1.165) is 16.7 Å². The Morgan fingerprint density at radius 2 is 1.86 bits per heavy atom. The molecule has 0 aliphatic heterocycles. The molecular formula is C18H18FNO2. The number of halogens is 1. The van der Waals surface area contributed by atoms with Gasteiger partial charge in [-0.05, 0) is 41.8 Å². The molecule has 114 valence electrons. The van der Waals surface area contributed by atoms with E-state index in [9.17, 15) is 14.4 Å². The number of benzene rings is 2. The fourth-order valence-corrected chi connectivity index (χ4v) is 2.08. The monoisotopic (exact) mass is 299 g/mol. The first-order chi connectivity index (χ1) is 10.5. The summed E-state index contributed by atoms with van der Waals surface area (Å²) in [6, 6.07) is 13.6. The number of hydrogen-bond donors (Lipinski definition) is 1. The molecule has 22 heavy (non-hydrogen) atoms. The van der Waals surface area contributed by atoms with Crippen LogP contribution in [0, 0.1) is 5.82 Å². The highest BCUT2D eigenvalue weighted by Crippen LogP contribution is 2.21. The lowest BCUT2D eigenvalue weighted by Crippen LogP contribution is -2.32. The van der Waals surface area contributed by atoms with E-state index in [1.807, 2.05) is 30.3 Å². The van der Waals surface area contributed by atoms with E-state index in [-0.39, 0.29) is 5.82 Å². The Bertz CT molecular complexity index is 680. The van der Waals surface area contributed by atoms with Crippen molar-refractivity contribution in [2.45, 2.75) is 19.9 Å². The number of hydroxylamine groups is 2. The summed E-state index contributed by atoms with van der Waals surface area (Å²) in [5.41, 5.74) is 2.84. The van der Waals surface area contributed by atoms with Crippen LogP contribution < -0.4 is 0 Å². The molecule has 0 bridgehead atoms. The van der Waals surface area contributed by atoms with Gasteiger partial charge in [-0.15, -0.1) is 0 Å². The second-order valence-electron chi connectivity index (χ2n) is 5.10. The molecule has 3 nitrogen and oxygen atoms in total. The minimum Gasteiger partial charge on any atom is -0.285 e. The Morgan fingerprint density at radius 3 is 2.50 bits per heavy atom. The van der Waals surface area contributed by atoms with Crippen LogP contribution >= 0.6 is 0 Å². The fourth-order valence-electron chi connectivity index (χ4n) is 2.08. The molecule has 0 unspecified atom stereocenters. The molecule has 0 aliphatic rings. The minimum absolute atomic E-state index is 0.263. The summed E-state index contributed by atoms with van der Waals surface area (Å²) in [6.45, 7) is 3.03.